The number of carbonyl (C=O) groups excluding carboxylic acids is 1. The number of esters is 1. The Bertz CT molecular complexity index is 509. The van der Waals surface area contributed by atoms with Gasteiger partial charge in [-0.2, -0.15) is 0 Å². The summed E-state index contributed by atoms with van der Waals surface area (Å²) in [4.78, 5) is 21.8. The van der Waals surface area contributed by atoms with Gasteiger partial charge in [-0.05, 0) is 38.1 Å². The van der Waals surface area contributed by atoms with Gasteiger partial charge in [-0.15, -0.1) is 0 Å². The van der Waals surface area contributed by atoms with Crippen LogP contribution in [0.5, 0.6) is 5.75 Å². The lowest BCUT2D eigenvalue weighted by molar-refractivity contribution is -0.138. The number of hydrogen-bond donors (Lipinski definition) is 2. The maximum absolute atomic E-state index is 11.1. The normalized spacial score (nSPS) is 11.5. The van der Waals surface area contributed by atoms with E-state index in [0.29, 0.717) is 17.9 Å². The third-order valence-corrected chi connectivity index (χ3v) is 2.53. The maximum atomic E-state index is 11.1. The van der Waals surface area contributed by atoms with E-state index in [1.807, 2.05) is 0 Å². The standard InChI is InChI=1S/C15H19NO5/c1-10(2)15(19)20-9-8-16-11(3)21-13-6-4-12(5-7-13)14(17)18/h4-7,11,16H,1,8-9H2,2-3H3,(H,17,18). The maximum Gasteiger partial charge on any atom is 0.335 e. The Kier molecular flexibility index (Phi) is 6.42. The largest absolute Gasteiger partial charge is 0.478 e. The van der Waals surface area contributed by atoms with E-state index in [2.05, 4.69) is 11.9 Å². The van der Waals surface area contributed by atoms with Crippen LogP contribution < -0.4 is 10.1 Å². The highest BCUT2D eigenvalue weighted by atomic mass is 16.5. The zero-order chi connectivity index (χ0) is 15.8. The van der Waals surface area contributed by atoms with E-state index in [1.165, 1.54) is 12.1 Å². The molecule has 2 N–H and O–H groups in total. The Morgan fingerprint density at radius 2 is 1.95 bits per heavy atom. The summed E-state index contributed by atoms with van der Waals surface area (Å²) in [6, 6.07) is 6.11. The van der Waals surface area contributed by atoms with Gasteiger partial charge in [-0.1, -0.05) is 6.58 Å². The number of aromatic carboxylic acids is 1. The van der Waals surface area contributed by atoms with Crippen molar-refractivity contribution < 1.29 is 24.2 Å². The van der Waals surface area contributed by atoms with Crippen molar-refractivity contribution in [3.05, 3.63) is 42.0 Å². The molecule has 0 spiro atoms. The smallest absolute Gasteiger partial charge is 0.335 e. The monoisotopic (exact) mass is 293 g/mol. The molecule has 1 rings (SSSR count). The van der Waals surface area contributed by atoms with Crippen molar-refractivity contribution in [2.45, 2.75) is 20.1 Å². The molecule has 1 unspecified atom stereocenters. The second kappa shape index (κ2) is 8.06. The van der Waals surface area contributed by atoms with Gasteiger partial charge in [0.2, 0.25) is 0 Å². The van der Waals surface area contributed by atoms with Crippen molar-refractivity contribution in [3.63, 3.8) is 0 Å². The molecule has 0 aromatic heterocycles. The number of carboxylic acids is 1. The number of carbonyl (C=O) groups is 2. The summed E-state index contributed by atoms with van der Waals surface area (Å²) in [6.45, 7) is 7.52. The Morgan fingerprint density at radius 3 is 2.48 bits per heavy atom. The number of nitrogens with one attached hydrogen (secondary N) is 1. The third kappa shape index (κ3) is 6.09. The van der Waals surface area contributed by atoms with E-state index in [1.54, 1.807) is 26.0 Å². The molecule has 1 aromatic carbocycles. The highest BCUT2D eigenvalue weighted by molar-refractivity contribution is 5.87. The van der Waals surface area contributed by atoms with E-state index in [9.17, 15) is 9.59 Å². The molecule has 0 saturated carbocycles. The zero-order valence-corrected chi connectivity index (χ0v) is 12.1. The van der Waals surface area contributed by atoms with Crippen molar-refractivity contribution in [1.29, 1.82) is 0 Å². The Labute approximate surface area is 123 Å². The molecule has 1 atom stereocenters. The highest BCUT2D eigenvalue weighted by Gasteiger charge is 2.06. The average molecular weight is 293 g/mol. The molecule has 1 aromatic rings. The van der Waals surface area contributed by atoms with Crippen LogP contribution in [-0.4, -0.2) is 36.4 Å². The lowest BCUT2D eigenvalue weighted by atomic mass is 10.2. The van der Waals surface area contributed by atoms with E-state index in [0.717, 1.165) is 0 Å². The first-order chi connectivity index (χ1) is 9.90. The fourth-order valence-electron chi connectivity index (χ4n) is 1.45. The summed E-state index contributed by atoms with van der Waals surface area (Å²) in [7, 11) is 0. The molecule has 21 heavy (non-hydrogen) atoms. The molecule has 6 heteroatoms. The highest BCUT2D eigenvalue weighted by Crippen LogP contribution is 2.13. The van der Waals surface area contributed by atoms with Crippen LogP contribution in [-0.2, 0) is 9.53 Å². The van der Waals surface area contributed by atoms with Crippen LogP contribution in [0.25, 0.3) is 0 Å². The molecular formula is C15H19NO5. The SMILES string of the molecule is C=C(C)C(=O)OCCNC(C)Oc1ccc(C(=O)O)cc1. The summed E-state index contributed by atoms with van der Waals surface area (Å²) in [6.07, 6.45) is -0.302. The predicted octanol–water partition coefficient (Wildman–Crippen LogP) is 1.82. The van der Waals surface area contributed by atoms with Crippen LogP contribution in [0, 0.1) is 0 Å². The number of rotatable bonds is 8. The van der Waals surface area contributed by atoms with Crippen molar-refractivity contribution in [1.82, 2.24) is 5.32 Å². The average Bonchev–Trinajstić information content (AvgIpc) is 2.43. The molecule has 0 saturated heterocycles. The van der Waals surface area contributed by atoms with Gasteiger partial charge in [-0.25, -0.2) is 9.59 Å². The Balaban J connectivity index is 2.30. The minimum absolute atomic E-state index is 0.203. The summed E-state index contributed by atoms with van der Waals surface area (Å²) in [5, 5.41) is 11.8. The Hall–Kier alpha value is -2.34. The van der Waals surface area contributed by atoms with Crippen molar-refractivity contribution in [2.75, 3.05) is 13.2 Å². The molecule has 114 valence electrons. The number of ether oxygens (including phenoxy) is 2. The molecule has 0 bridgehead atoms. The van der Waals surface area contributed by atoms with Crippen LogP contribution >= 0.6 is 0 Å². The van der Waals surface area contributed by atoms with Gasteiger partial charge in [-0.3, -0.25) is 5.32 Å². The summed E-state index contributed by atoms with van der Waals surface area (Å²) >= 11 is 0. The van der Waals surface area contributed by atoms with Gasteiger partial charge in [0, 0.05) is 12.1 Å². The third-order valence-electron chi connectivity index (χ3n) is 2.53. The molecule has 0 amide bonds. The topological polar surface area (TPSA) is 84.9 Å². The van der Waals surface area contributed by atoms with Crippen molar-refractivity contribution >= 4 is 11.9 Å². The van der Waals surface area contributed by atoms with Gasteiger partial charge in [0.05, 0.1) is 5.56 Å². The van der Waals surface area contributed by atoms with Gasteiger partial charge >= 0.3 is 11.9 Å². The van der Waals surface area contributed by atoms with E-state index in [4.69, 9.17) is 14.6 Å². The summed E-state index contributed by atoms with van der Waals surface area (Å²) in [5.74, 6) is -0.847. The Morgan fingerprint density at radius 1 is 1.33 bits per heavy atom. The lowest BCUT2D eigenvalue weighted by Crippen LogP contribution is -2.34. The van der Waals surface area contributed by atoms with E-state index in [-0.39, 0.29) is 18.4 Å². The minimum Gasteiger partial charge on any atom is -0.478 e. The van der Waals surface area contributed by atoms with Gasteiger partial charge < -0.3 is 14.6 Å². The predicted molar refractivity (Wildman–Crippen MR) is 77.3 cm³/mol. The van der Waals surface area contributed by atoms with Crippen molar-refractivity contribution in [3.8, 4) is 5.75 Å². The second-order valence-electron chi connectivity index (χ2n) is 4.46. The number of hydrogen-bond acceptors (Lipinski definition) is 5. The molecule has 0 aliphatic carbocycles. The molecule has 0 heterocycles. The van der Waals surface area contributed by atoms with Gasteiger partial charge in [0.15, 0.2) is 0 Å². The van der Waals surface area contributed by atoms with Gasteiger partial charge in [0.1, 0.15) is 18.6 Å². The second-order valence-corrected chi connectivity index (χ2v) is 4.46. The van der Waals surface area contributed by atoms with E-state index < -0.39 is 11.9 Å². The van der Waals surface area contributed by atoms with Crippen molar-refractivity contribution in [2.24, 2.45) is 0 Å². The number of carboxylic acid groups (broad SMARTS) is 1. The zero-order valence-electron chi connectivity index (χ0n) is 12.1. The van der Waals surface area contributed by atoms with Crippen LogP contribution in [0.2, 0.25) is 0 Å². The minimum atomic E-state index is -0.980. The van der Waals surface area contributed by atoms with Crippen LogP contribution in [0.15, 0.2) is 36.4 Å². The van der Waals surface area contributed by atoms with E-state index >= 15 is 0 Å². The molecule has 0 aliphatic heterocycles. The van der Waals surface area contributed by atoms with Crippen LogP contribution in [0.1, 0.15) is 24.2 Å². The quantitative estimate of drug-likeness (QED) is 0.329. The molecular weight excluding hydrogens is 274 g/mol. The first-order valence-corrected chi connectivity index (χ1v) is 6.46. The molecule has 0 radical (unpaired) electrons. The van der Waals surface area contributed by atoms with Crippen LogP contribution in [0.3, 0.4) is 0 Å². The summed E-state index contributed by atoms with van der Waals surface area (Å²) in [5.41, 5.74) is 0.562. The van der Waals surface area contributed by atoms with Crippen LogP contribution in [0.4, 0.5) is 0 Å². The fraction of sp³-hybridized carbons (Fsp3) is 0.333. The molecule has 0 aliphatic rings. The lowest BCUT2D eigenvalue weighted by Gasteiger charge is -2.16. The number of benzene rings is 1. The first kappa shape index (κ1) is 16.7. The summed E-state index contributed by atoms with van der Waals surface area (Å²) < 4.78 is 10.5. The fourth-order valence-corrected chi connectivity index (χ4v) is 1.45. The first-order valence-electron chi connectivity index (χ1n) is 6.46. The molecule has 0 fully saturated rings. The molecule has 6 nitrogen and oxygen atoms in total. The van der Waals surface area contributed by atoms with Gasteiger partial charge in [0.25, 0.3) is 0 Å².